The van der Waals surface area contributed by atoms with Gasteiger partial charge in [0, 0.05) is 39.7 Å². The van der Waals surface area contributed by atoms with Crippen LogP contribution in [0.5, 0.6) is 5.75 Å². The average molecular weight is 752 g/mol. The summed E-state index contributed by atoms with van der Waals surface area (Å²) in [5, 5.41) is 11.3. The zero-order valence-electron chi connectivity index (χ0n) is 32.3. The number of benzene rings is 8. The molecule has 0 atom stereocenters. The molecule has 0 bridgehead atoms. The van der Waals surface area contributed by atoms with Gasteiger partial charge >= 0.3 is 0 Å². The molecule has 1 aromatic heterocycles. The molecule has 0 saturated heterocycles. The van der Waals surface area contributed by atoms with E-state index >= 15 is 0 Å². The minimum absolute atomic E-state index is 0.154. The van der Waals surface area contributed by atoms with E-state index in [1.807, 2.05) is 43.3 Å². The molecule has 0 saturated carbocycles. The predicted octanol–water partition coefficient (Wildman–Crippen LogP) is 14.6. The van der Waals surface area contributed by atoms with Crippen LogP contribution < -0.4 is 9.80 Å². The molecule has 0 aliphatic heterocycles. The maximum Gasteiger partial charge on any atom is 0.230 e. The molecule has 58 heavy (non-hydrogen) atoms. The summed E-state index contributed by atoms with van der Waals surface area (Å²) in [6.07, 6.45) is 1.74. The van der Waals surface area contributed by atoms with E-state index in [0.29, 0.717) is 17.2 Å². The smallest absolute Gasteiger partial charge is 0.230 e. The summed E-state index contributed by atoms with van der Waals surface area (Å²) in [6.45, 7) is 3.99. The Morgan fingerprint density at radius 2 is 0.793 bits per heavy atom. The average Bonchev–Trinajstić information content (AvgIpc) is 3.77. The van der Waals surface area contributed by atoms with Gasteiger partial charge in [0.1, 0.15) is 5.75 Å². The van der Waals surface area contributed by atoms with Crippen molar-refractivity contribution in [1.82, 2.24) is 4.98 Å². The van der Waals surface area contributed by atoms with Gasteiger partial charge < -0.3 is 19.3 Å². The number of nitrogens with zero attached hydrogens (tertiary/aromatic N) is 3. The van der Waals surface area contributed by atoms with Crippen molar-refractivity contribution in [2.45, 2.75) is 13.8 Å². The highest BCUT2D eigenvalue weighted by Gasteiger charge is 2.19. The fourth-order valence-electron chi connectivity index (χ4n) is 7.56. The Hall–Kier alpha value is -7.63. The first-order valence-corrected chi connectivity index (χ1v) is 19.4. The molecule has 5 heteroatoms. The molecule has 9 aromatic rings. The van der Waals surface area contributed by atoms with E-state index in [0.717, 1.165) is 73.1 Å². The molecule has 0 amide bonds. The van der Waals surface area contributed by atoms with Crippen LogP contribution in [0.1, 0.15) is 11.1 Å². The van der Waals surface area contributed by atoms with Crippen molar-refractivity contribution in [3.8, 4) is 50.8 Å². The van der Waals surface area contributed by atoms with Gasteiger partial charge in [-0.1, -0.05) is 115 Å². The van der Waals surface area contributed by atoms with Gasteiger partial charge in [-0.2, -0.15) is 0 Å². The largest absolute Gasteiger partial charge is 0.507 e. The molecule has 0 spiro atoms. The summed E-state index contributed by atoms with van der Waals surface area (Å²) in [6, 6.07) is 69.1. The molecule has 5 nitrogen and oxygen atoms in total. The van der Waals surface area contributed by atoms with Crippen molar-refractivity contribution in [1.29, 1.82) is 0 Å². The van der Waals surface area contributed by atoms with E-state index in [1.165, 1.54) is 0 Å². The molecular formula is C53H41N3O2. The summed E-state index contributed by atoms with van der Waals surface area (Å²) in [5.74, 6) is 1.17. The fraction of sp³-hybridized carbons (Fsp3) is 0.0377. The van der Waals surface area contributed by atoms with Crippen LogP contribution in [-0.2, 0) is 0 Å². The van der Waals surface area contributed by atoms with E-state index in [9.17, 15) is 5.11 Å². The van der Waals surface area contributed by atoms with Crippen molar-refractivity contribution >= 4 is 34.1 Å². The van der Waals surface area contributed by atoms with Gasteiger partial charge in [0.05, 0.1) is 11.8 Å². The summed E-state index contributed by atoms with van der Waals surface area (Å²) in [7, 11) is 0. The first-order chi connectivity index (χ1) is 28.5. The number of oxazole rings is 1. The Bertz CT molecular complexity index is 2700. The van der Waals surface area contributed by atoms with E-state index < -0.39 is 0 Å². The van der Waals surface area contributed by atoms with Crippen LogP contribution in [0.2, 0.25) is 0 Å². The third-order valence-corrected chi connectivity index (χ3v) is 10.5. The molecule has 0 unspecified atom stereocenters. The zero-order chi connectivity index (χ0) is 39.4. The minimum Gasteiger partial charge on any atom is -0.507 e. The fourth-order valence-corrected chi connectivity index (χ4v) is 7.56. The van der Waals surface area contributed by atoms with Crippen LogP contribution in [0.4, 0.5) is 34.1 Å². The Morgan fingerprint density at radius 3 is 1.24 bits per heavy atom. The predicted molar refractivity (Wildman–Crippen MR) is 239 cm³/mol. The maximum absolute atomic E-state index is 11.3. The van der Waals surface area contributed by atoms with Crippen LogP contribution in [-0.4, -0.2) is 10.1 Å². The number of aromatic nitrogens is 1. The van der Waals surface area contributed by atoms with Crippen molar-refractivity contribution in [3.05, 3.63) is 218 Å². The van der Waals surface area contributed by atoms with Gasteiger partial charge in [-0.15, -0.1) is 0 Å². The number of aromatic hydroxyl groups is 1. The topological polar surface area (TPSA) is 52.7 Å². The van der Waals surface area contributed by atoms with Crippen molar-refractivity contribution < 1.29 is 9.52 Å². The molecule has 1 N–H and O–H groups in total. The van der Waals surface area contributed by atoms with Gasteiger partial charge in [0.25, 0.3) is 0 Å². The van der Waals surface area contributed by atoms with Crippen molar-refractivity contribution in [3.63, 3.8) is 0 Å². The molecule has 1 heterocycles. The monoisotopic (exact) mass is 751 g/mol. The maximum atomic E-state index is 11.3. The van der Waals surface area contributed by atoms with Gasteiger partial charge in [0.2, 0.25) is 5.89 Å². The highest BCUT2D eigenvalue weighted by Crippen LogP contribution is 2.41. The third-order valence-electron chi connectivity index (χ3n) is 10.5. The number of hydrogen-bond acceptors (Lipinski definition) is 5. The zero-order valence-corrected chi connectivity index (χ0v) is 32.3. The normalized spacial score (nSPS) is 11.0. The van der Waals surface area contributed by atoms with E-state index in [1.54, 1.807) is 6.20 Å². The van der Waals surface area contributed by atoms with Crippen LogP contribution in [0, 0.1) is 13.8 Å². The summed E-state index contributed by atoms with van der Waals surface area (Å²) < 4.78 is 6.40. The Balaban J connectivity index is 0.969. The summed E-state index contributed by atoms with van der Waals surface area (Å²) in [5.41, 5.74) is 14.0. The lowest BCUT2D eigenvalue weighted by Gasteiger charge is -2.25. The van der Waals surface area contributed by atoms with Gasteiger partial charge in [0.15, 0.2) is 5.76 Å². The Morgan fingerprint density at radius 1 is 0.397 bits per heavy atom. The molecule has 8 aromatic carbocycles. The second kappa shape index (κ2) is 15.8. The van der Waals surface area contributed by atoms with Crippen LogP contribution in [0.15, 0.2) is 211 Å². The van der Waals surface area contributed by atoms with Gasteiger partial charge in [-0.3, -0.25) is 0 Å². The Labute approximate surface area is 339 Å². The van der Waals surface area contributed by atoms with Gasteiger partial charge in [-0.25, -0.2) is 4.98 Å². The highest BCUT2D eigenvalue weighted by molar-refractivity contribution is 5.82. The first kappa shape index (κ1) is 36.0. The molecular weight excluding hydrogens is 711 g/mol. The molecule has 0 radical (unpaired) electrons. The molecule has 0 fully saturated rings. The lowest BCUT2D eigenvalue weighted by atomic mass is 9.98. The number of rotatable bonds is 10. The van der Waals surface area contributed by atoms with E-state index in [2.05, 4.69) is 185 Å². The second-order valence-corrected chi connectivity index (χ2v) is 14.4. The van der Waals surface area contributed by atoms with Crippen LogP contribution >= 0.6 is 0 Å². The second-order valence-electron chi connectivity index (χ2n) is 14.4. The number of anilines is 6. The van der Waals surface area contributed by atoms with Gasteiger partial charge in [-0.05, 0) is 132 Å². The number of hydrogen-bond donors (Lipinski definition) is 1. The van der Waals surface area contributed by atoms with Crippen LogP contribution in [0.25, 0.3) is 45.0 Å². The van der Waals surface area contributed by atoms with Crippen molar-refractivity contribution in [2.24, 2.45) is 0 Å². The van der Waals surface area contributed by atoms with E-state index in [-0.39, 0.29) is 5.75 Å². The lowest BCUT2D eigenvalue weighted by molar-refractivity contribution is 0.469. The van der Waals surface area contributed by atoms with Crippen molar-refractivity contribution in [2.75, 3.05) is 9.80 Å². The minimum atomic E-state index is 0.154. The summed E-state index contributed by atoms with van der Waals surface area (Å²) in [4.78, 5) is 9.16. The standard InChI is InChI=1S/C53H41N3O2/c1-37-33-41(39-23-28-47(29-24-39)55(43-15-7-3-8-16-43)44-17-9-4-10-18-44)27-32-49(37)51-36-54-53(58-51)50-35-42(34-38(2)52(50)57)40-25-30-48(31-26-40)56(45-19-11-5-12-20-45)46-21-13-6-14-22-46/h3-36,57H,1-2H3. The van der Waals surface area contributed by atoms with Crippen LogP contribution in [0.3, 0.4) is 0 Å². The molecule has 280 valence electrons. The number of phenols is 1. The molecule has 9 rings (SSSR count). The SMILES string of the molecule is Cc1cc(-c2ccc(N(c3ccccc3)c3ccccc3)cc2)ccc1-c1cnc(-c2cc(-c3ccc(N(c4ccccc4)c4ccccc4)cc3)cc(C)c2O)o1. The highest BCUT2D eigenvalue weighted by atomic mass is 16.4. The van der Waals surface area contributed by atoms with E-state index in [4.69, 9.17) is 4.42 Å². The number of phenolic OH excluding ortho intramolecular Hbond substituents is 1. The Kier molecular flexibility index (Phi) is 9.85. The number of aryl methyl sites for hydroxylation is 2. The summed E-state index contributed by atoms with van der Waals surface area (Å²) >= 11 is 0. The quantitative estimate of drug-likeness (QED) is 0.151. The molecule has 0 aliphatic rings. The number of para-hydroxylation sites is 4. The molecule has 0 aliphatic carbocycles. The first-order valence-electron chi connectivity index (χ1n) is 19.4. The lowest BCUT2D eigenvalue weighted by Crippen LogP contribution is -2.09. The third kappa shape index (κ3) is 7.25.